The molecule has 1 aliphatic heterocycles. The number of fused-ring (bicyclic) bond motifs is 1. The minimum Gasteiger partial charge on any atom is -0.486 e. The molecule has 1 atom stereocenters. The Kier molecular flexibility index (Phi) is 1.93. The van der Waals surface area contributed by atoms with Gasteiger partial charge in [0.25, 0.3) is 0 Å². The number of hydrogen-bond acceptors (Lipinski definition) is 3. The minimum atomic E-state index is 0.0681. The number of ether oxygens (including phenoxy) is 2. The molecular weight excluding hydrogens is 168 g/mol. The van der Waals surface area contributed by atoms with E-state index in [-0.39, 0.29) is 6.10 Å². The molecule has 2 rings (SSSR count). The van der Waals surface area contributed by atoms with E-state index in [2.05, 4.69) is 0 Å². The van der Waals surface area contributed by atoms with Gasteiger partial charge in [0, 0.05) is 5.56 Å². The maximum Gasteiger partial charge on any atom is 0.233 e. The normalized spacial score (nSPS) is 19.6. The predicted molar refractivity (Wildman–Crippen MR) is 46.8 cm³/mol. The average molecular weight is 177 g/mol. The molecule has 0 saturated carbocycles. The Morgan fingerprint density at radius 1 is 1.46 bits per heavy atom. The van der Waals surface area contributed by atoms with Crippen molar-refractivity contribution < 1.29 is 14.3 Å². The van der Waals surface area contributed by atoms with Crippen molar-refractivity contribution in [2.75, 3.05) is 6.61 Å². The lowest BCUT2D eigenvalue weighted by Gasteiger charge is -2.23. The Labute approximate surface area is 76.3 Å². The van der Waals surface area contributed by atoms with Crippen molar-refractivity contribution in [2.45, 2.75) is 13.0 Å². The van der Waals surface area contributed by atoms with Gasteiger partial charge in [-0.15, -0.1) is 0 Å². The lowest BCUT2D eigenvalue weighted by molar-refractivity contribution is 0.104. The maximum absolute atomic E-state index is 10.3. The van der Waals surface area contributed by atoms with Crippen LogP contribution in [0.2, 0.25) is 0 Å². The first-order chi connectivity index (χ1) is 6.29. The van der Waals surface area contributed by atoms with Crippen LogP contribution in [0.15, 0.2) is 18.2 Å². The van der Waals surface area contributed by atoms with Crippen LogP contribution < -0.4 is 9.47 Å². The summed E-state index contributed by atoms with van der Waals surface area (Å²) in [4.78, 5) is 10.3. The van der Waals surface area contributed by atoms with Crippen molar-refractivity contribution in [3.05, 3.63) is 23.8 Å². The fourth-order valence-electron chi connectivity index (χ4n) is 1.24. The molecule has 13 heavy (non-hydrogen) atoms. The molecule has 0 amide bonds. The second-order valence-corrected chi connectivity index (χ2v) is 3.00. The zero-order valence-corrected chi connectivity index (χ0v) is 7.24. The van der Waals surface area contributed by atoms with E-state index in [4.69, 9.17) is 9.47 Å². The summed E-state index contributed by atoms with van der Waals surface area (Å²) in [5.41, 5.74) is 0.483. The van der Waals surface area contributed by atoms with Crippen molar-refractivity contribution in [2.24, 2.45) is 0 Å². The highest BCUT2D eigenvalue weighted by molar-refractivity contribution is 5.76. The molecule has 0 aromatic heterocycles. The summed E-state index contributed by atoms with van der Waals surface area (Å²) in [7, 11) is 0. The van der Waals surface area contributed by atoms with Gasteiger partial charge in [-0.1, -0.05) is 0 Å². The molecule has 3 nitrogen and oxygen atoms in total. The third kappa shape index (κ3) is 1.49. The quantitative estimate of drug-likeness (QED) is 0.648. The molecule has 3 heteroatoms. The molecule has 1 heterocycles. The first kappa shape index (κ1) is 8.10. The van der Waals surface area contributed by atoms with Gasteiger partial charge in [0.05, 0.1) is 0 Å². The highest BCUT2D eigenvalue weighted by atomic mass is 16.6. The molecule has 0 N–H and O–H groups in total. The van der Waals surface area contributed by atoms with Crippen LogP contribution in [0.5, 0.6) is 11.5 Å². The van der Waals surface area contributed by atoms with Crippen LogP contribution in [0.4, 0.5) is 0 Å². The lowest BCUT2D eigenvalue weighted by atomic mass is 10.2. The van der Waals surface area contributed by atoms with Crippen molar-refractivity contribution in [3.63, 3.8) is 0 Å². The fourth-order valence-corrected chi connectivity index (χ4v) is 1.24. The minimum absolute atomic E-state index is 0.0681. The van der Waals surface area contributed by atoms with Gasteiger partial charge < -0.3 is 9.47 Å². The molecule has 0 fully saturated rings. The van der Waals surface area contributed by atoms with Crippen LogP contribution in [0.25, 0.3) is 0 Å². The Bertz CT molecular complexity index is 333. The van der Waals surface area contributed by atoms with E-state index in [1.807, 2.05) is 6.92 Å². The molecule has 0 aliphatic carbocycles. The van der Waals surface area contributed by atoms with E-state index in [1.54, 1.807) is 24.5 Å². The van der Waals surface area contributed by atoms with Crippen LogP contribution in [0.3, 0.4) is 0 Å². The molecular formula is C10H9O3. The molecule has 1 aromatic carbocycles. The summed E-state index contributed by atoms with van der Waals surface area (Å²) in [6.07, 6.45) is 1.87. The molecule has 0 spiro atoms. The SMILES string of the molecule is CC1COc2cc([C]=O)ccc2O1. The van der Waals surface area contributed by atoms with Crippen LogP contribution >= 0.6 is 0 Å². The molecule has 67 valence electrons. The number of benzene rings is 1. The van der Waals surface area contributed by atoms with E-state index in [0.717, 1.165) is 0 Å². The number of rotatable bonds is 1. The van der Waals surface area contributed by atoms with E-state index in [1.165, 1.54) is 0 Å². The Morgan fingerprint density at radius 3 is 3.08 bits per heavy atom. The second kappa shape index (κ2) is 3.09. The fraction of sp³-hybridized carbons (Fsp3) is 0.300. The second-order valence-electron chi connectivity index (χ2n) is 3.00. The third-order valence-electron chi connectivity index (χ3n) is 1.86. The van der Waals surface area contributed by atoms with Crippen molar-refractivity contribution in [1.82, 2.24) is 0 Å². The monoisotopic (exact) mass is 177 g/mol. The zero-order valence-electron chi connectivity index (χ0n) is 7.24. The van der Waals surface area contributed by atoms with Crippen LogP contribution in [0.1, 0.15) is 12.5 Å². The molecule has 1 radical (unpaired) electrons. The summed E-state index contributed by atoms with van der Waals surface area (Å²) in [6.45, 7) is 2.46. The van der Waals surface area contributed by atoms with Crippen LogP contribution in [0, 0.1) is 0 Å². The third-order valence-corrected chi connectivity index (χ3v) is 1.86. The molecule has 1 unspecified atom stereocenters. The standard InChI is InChI=1S/C10H9O3/c1-7-6-12-10-4-8(5-11)2-3-9(10)13-7/h2-4,7H,6H2,1H3. The van der Waals surface area contributed by atoms with Gasteiger partial charge in [0.2, 0.25) is 6.29 Å². The summed E-state index contributed by atoms with van der Waals surface area (Å²) in [5, 5.41) is 0. The Morgan fingerprint density at radius 2 is 2.31 bits per heavy atom. The number of hydrogen-bond donors (Lipinski definition) is 0. The van der Waals surface area contributed by atoms with Gasteiger partial charge in [0.1, 0.15) is 12.7 Å². The largest absolute Gasteiger partial charge is 0.486 e. The Hall–Kier alpha value is -1.51. The Balaban J connectivity index is 2.36. The van der Waals surface area contributed by atoms with Crippen LogP contribution in [-0.2, 0) is 4.79 Å². The van der Waals surface area contributed by atoms with Crippen molar-refractivity contribution in [3.8, 4) is 11.5 Å². The van der Waals surface area contributed by atoms with Gasteiger partial charge in [-0.25, -0.2) is 0 Å². The molecule has 1 aromatic rings. The first-order valence-electron chi connectivity index (χ1n) is 4.11. The van der Waals surface area contributed by atoms with Gasteiger partial charge in [-0.3, -0.25) is 4.79 Å². The summed E-state index contributed by atoms with van der Waals surface area (Å²) >= 11 is 0. The van der Waals surface area contributed by atoms with E-state index in [9.17, 15) is 4.79 Å². The summed E-state index contributed by atoms with van der Waals surface area (Å²) in [6, 6.07) is 5.02. The molecule has 0 saturated heterocycles. The van der Waals surface area contributed by atoms with Gasteiger partial charge in [-0.05, 0) is 25.1 Å². The zero-order chi connectivity index (χ0) is 9.26. The average Bonchev–Trinajstić information content (AvgIpc) is 2.17. The lowest BCUT2D eigenvalue weighted by Crippen LogP contribution is -2.25. The molecule has 0 bridgehead atoms. The number of carbonyl (C=O) groups excluding carboxylic acids is 1. The highest BCUT2D eigenvalue weighted by Gasteiger charge is 2.16. The van der Waals surface area contributed by atoms with Crippen molar-refractivity contribution in [1.29, 1.82) is 0 Å². The van der Waals surface area contributed by atoms with Crippen LogP contribution in [-0.4, -0.2) is 19.0 Å². The van der Waals surface area contributed by atoms with E-state index < -0.39 is 0 Å². The highest BCUT2D eigenvalue weighted by Crippen LogP contribution is 2.31. The first-order valence-corrected chi connectivity index (χ1v) is 4.11. The van der Waals surface area contributed by atoms with Gasteiger partial charge in [0.15, 0.2) is 11.5 Å². The smallest absolute Gasteiger partial charge is 0.233 e. The van der Waals surface area contributed by atoms with Crippen molar-refractivity contribution >= 4 is 6.29 Å². The van der Waals surface area contributed by atoms with Gasteiger partial charge >= 0.3 is 0 Å². The topological polar surface area (TPSA) is 35.5 Å². The molecule has 1 aliphatic rings. The van der Waals surface area contributed by atoms with Gasteiger partial charge in [-0.2, -0.15) is 0 Å². The summed E-state index contributed by atoms with van der Waals surface area (Å²) < 4.78 is 10.9. The van der Waals surface area contributed by atoms with E-state index in [0.29, 0.717) is 23.7 Å². The summed E-state index contributed by atoms with van der Waals surface area (Å²) in [5.74, 6) is 1.32. The maximum atomic E-state index is 10.3. The van der Waals surface area contributed by atoms with E-state index >= 15 is 0 Å². The predicted octanol–water partition coefficient (Wildman–Crippen LogP) is 1.30.